The normalized spacial score (nSPS) is 20.0. The number of piperidine rings is 1. The summed E-state index contributed by atoms with van der Waals surface area (Å²) in [4.78, 5) is 7.35. The van der Waals surface area contributed by atoms with Crippen LogP contribution < -0.4 is 5.73 Å². The van der Waals surface area contributed by atoms with Crippen LogP contribution in [0, 0.1) is 5.92 Å². The Kier molecular flexibility index (Phi) is 5.65. The maximum Gasteiger partial charge on any atom is 0.257 e. The second-order valence-electron chi connectivity index (χ2n) is 7.87. The van der Waals surface area contributed by atoms with Crippen LogP contribution in [0.1, 0.15) is 49.9 Å². The van der Waals surface area contributed by atoms with E-state index in [4.69, 9.17) is 10.3 Å². The molecule has 0 spiro atoms. The first kappa shape index (κ1) is 17.7. The van der Waals surface area contributed by atoms with Gasteiger partial charge < -0.3 is 15.2 Å². The molecule has 26 heavy (non-hydrogen) atoms. The summed E-state index contributed by atoms with van der Waals surface area (Å²) in [6.45, 7) is 3.15. The molecular formula is C21H30N4O. The van der Waals surface area contributed by atoms with Crippen LogP contribution in [0.25, 0.3) is 11.5 Å². The molecule has 0 radical (unpaired) electrons. The van der Waals surface area contributed by atoms with E-state index in [1.54, 1.807) is 0 Å². The van der Waals surface area contributed by atoms with Crippen LogP contribution in [0.5, 0.6) is 0 Å². The van der Waals surface area contributed by atoms with Gasteiger partial charge in [0.15, 0.2) is 5.82 Å². The van der Waals surface area contributed by atoms with E-state index in [-0.39, 0.29) is 0 Å². The van der Waals surface area contributed by atoms with Crippen LogP contribution in [0.4, 0.5) is 0 Å². The highest BCUT2D eigenvalue weighted by Crippen LogP contribution is 2.29. The van der Waals surface area contributed by atoms with Crippen LogP contribution in [-0.2, 0) is 12.8 Å². The van der Waals surface area contributed by atoms with Crippen molar-refractivity contribution in [2.24, 2.45) is 11.7 Å². The largest absolute Gasteiger partial charge is 0.334 e. The average molecular weight is 354 g/mol. The van der Waals surface area contributed by atoms with Crippen LogP contribution >= 0.6 is 0 Å². The van der Waals surface area contributed by atoms with Gasteiger partial charge in [-0.2, -0.15) is 4.98 Å². The summed E-state index contributed by atoms with van der Waals surface area (Å²) < 4.78 is 5.50. The molecule has 2 fully saturated rings. The van der Waals surface area contributed by atoms with E-state index in [1.165, 1.54) is 57.2 Å². The third kappa shape index (κ3) is 4.15. The number of benzene rings is 1. The number of hydrogen-bond acceptors (Lipinski definition) is 5. The Morgan fingerprint density at radius 1 is 1.04 bits per heavy atom. The molecule has 0 atom stereocenters. The summed E-state index contributed by atoms with van der Waals surface area (Å²) in [5, 5.41) is 4.22. The third-order valence-electron chi connectivity index (χ3n) is 6.06. The van der Waals surface area contributed by atoms with Crippen molar-refractivity contribution < 1.29 is 4.52 Å². The Morgan fingerprint density at radius 3 is 2.46 bits per heavy atom. The standard InChI is InChI=1S/C21H30N4O/c22-12-9-16-5-7-18(8-6-16)21-23-20(24-26-21)15-17-10-13-25(14-11-17)19-3-1-2-4-19/h5-8,17,19H,1-4,9-15,22H2. The summed E-state index contributed by atoms with van der Waals surface area (Å²) in [5.74, 6) is 2.16. The van der Waals surface area contributed by atoms with E-state index in [9.17, 15) is 0 Å². The predicted octanol–water partition coefficient (Wildman–Crippen LogP) is 3.43. The third-order valence-corrected chi connectivity index (χ3v) is 6.06. The van der Waals surface area contributed by atoms with Crippen LogP contribution in [0.3, 0.4) is 0 Å². The molecule has 0 bridgehead atoms. The second kappa shape index (κ2) is 8.31. The van der Waals surface area contributed by atoms with Crippen LogP contribution in [0.2, 0.25) is 0 Å². The molecule has 140 valence electrons. The topological polar surface area (TPSA) is 68.2 Å². The number of aromatic nitrogens is 2. The molecule has 0 amide bonds. The summed E-state index contributed by atoms with van der Waals surface area (Å²) in [6.07, 6.45) is 10.0. The fourth-order valence-corrected chi connectivity index (χ4v) is 4.48. The fraction of sp³-hybridized carbons (Fsp3) is 0.619. The molecule has 2 aliphatic rings. The predicted molar refractivity (Wildman–Crippen MR) is 103 cm³/mol. The molecule has 0 unspecified atom stereocenters. The maximum absolute atomic E-state index is 5.60. The maximum atomic E-state index is 5.60. The first-order valence-electron chi connectivity index (χ1n) is 10.2. The molecule has 2 aromatic rings. The Hall–Kier alpha value is -1.72. The average Bonchev–Trinajstić information content (AvgIpc) is 3.36. The van der Waals surface area contributed by atoms with Crippen molar-refractivity contribution in [2.75, 3.05) is 19.6 Å². The highest BCUT2D eigenvalue weighted by molar-refractivity contribution is 5.53. The van der Waals surface area contributed by atoms with Crippen molar-refractivity contribution in [2.45, 2.75) is 57.4 Å². The van der Waals surface area contributed by atoms with Gasteiger partial charge in [0.25, 0.3) is 5.89 Å². The van der Waals surface area contributed by atoms with Gasteiger partial charge in [-0.25, -0.2) is 0 Å². The summed E-state index contributed by atoms with van der Waals surface area (Å²) in [6, 6.07) is 9.12. The molecule has 5 nitrogen and oxygen atoms in total. The van der Waals surface area contributed by atoms with E-state index in [0.717, 1.165) is 30.3 Å². The van der Waals surface area contributed by atoms with E-state index in [2.05, 4.69) is 27.2 Å². The molecule has 2 heterocycles. The Bertz CT molecular complexity index is 682. The number of hydrogen-bond donors (Lipinski definition) is 1. The van der Waals surface area contributed by atoms with Gasteiger partial charge in [-0.3, -0.25) is 0 Å². The van der Waals surface area contributed by atoms with Gasteiger partial charge in [0.1, 0.15) is 0 Å². The smallest absolute Gasteiger partial charge is 0.257 e. The summed E-state index contributed by atoms with van der Waals surface area (Å²) in [5.41, 5.74) is 7.83. The van der Waals surface area contributed by atoms with Gasteiger partial charge in [-0.1, -0.05) is 30.1 Å². The first-order valence-corrected chi connectivity index (χ1v) is 10.2. The molecule has 4 rings (SSSR count). The minimum Gasteiger partial charge on any atom is -0.334 e. The zero-order valence-corrected chi connectivity index (χ0v) is 15.6. The van der Waals surface area contributed by atoms with Gasteiger partial charge in [0, 0.05) is 18.0 Å². The lowest BCUT2D eigenvalue weighted by Crippen LogP contribution is -2.40. The molecule has 1 aromatic carbocycles. The zero-order chi connectivity index (χ0) is 17.8. The Labute approximate surface area is 156 Å². The van der Waals surface area contributed by atoms with Crippen molar-refractivity contribution in [3.05, 3.63) is 35.7 Å². The molecule has 2 N–H and O–H groups in total. The van der Waals surface area contributed by atoms with Crippen molar-refractivity contribution in [3.63, 3.8) is 0 Å². The quantitative estimate of drug-likeness (QED) is 0.861. The van der Waals surface area contributed by atoms with Gasteiger partial charge in [0.05, 0.1) is 0 Å². The van der Waals surface area contributed by atoms with E-state index in [1.807, 2.05) is 12.1 Å². The first-order chi connectivity index (χ1) is 12.8. The molecule has 1 aliphatic heterocycles. The van der Waals surface area contributed by atoms with Crippen LogP contribution in [-0.4, -0.2) is 40.7 Å². The molecular weight excluding hydrogens is 324 g/mol. The number of rotatable bonds is 6. The zero-order valence-electron chi connectivity index (χ0n) is 15.6. The molecule has 1 saturated heterocycles. The highest BCUT2D eigenvalue weighted by Gasteiger charge is 2.27. The summed E-state index contributed by atoms with van der Waals surface area (Å²) >= 11 is 0. The van der Waals surface area contributed by atoms with Gasteiger partial charge in [0.2, 0.25) is 0 Å². The van der Waals surface area contributed by atoms with Gasteiger partial charge in [-0.05, 0) is 75.4 Å². The molecule has 1 aliphatic carbocycles. The minimum absolute atomic E-state index is 0.627. The van der Waals surface area contributed by atoms with Crippen molar-refractivity contribution in [1.29, 1.82) is 0 Å². The number of likely N-dealkylation sites (tertiary alicyclic amines) is 1. The van der Waals surface area contributed by atoms with Crippen LogP contribution in [0.15, 0.2) is 28.8 Å². The van der Waals surface area contributed by atoms with Crippen molar-refractivity contribution >= 4 is 0 Å². The Morgan fingerprint density at radius 2 is 1.77 bits per heavy atom. The van der Waals surface area contributed by atoms with E-state index < -0.39 is 0 Å². The number of nitrogens with two attached hydrogens (primary N) is 1. The lowest BCUT2D eigenvalue weighted by Gasteiger charge is -2.35. The lowest BCUT2D eigenvalue weighted by atomic mass is 9.92. The monoisotopic (exact) mass is 354 g/mol. The SMILES string of the molecule is NCCc1ccc(-c2nc(CC3CCN(C4CCCC4)CC3)no2)cc1. The molecule has 5 heteroatoms. The van der Waals surface area contributed by atoms with E-state index in [0.29, 0.717) is 18.4 Å². The van der Waals surface area contributed by atoms with Crippen molar-refractivity contribution in [1.82, 2.24) is 15.0 Å². The fourth-order valence-electron chi connectivity index (χ4n) is 4.48. The van der Waals surface area contributed by atoms with E-state index >= 15 is 0 Å². The molecule has 1 saturated carbocycles. The number of nitrogens with zero attached hydrogens (tertiary/aromatic N) is 3. The molecule has 1 aromatic heterocycles. The van der Waals surface area contributed by atoms with Gasteiger partial charge >= 0.3 is 0 Å². The highest BCUT2D eigenvalue weighted by atomic mass is 16.5. The Balaban J connectivity index is 1.31. The minimum atomic E-state index is 0.627. The second-order valence-corrected chi connectivity index (χ2v) is 7.87. The van der Waals surface area contributed by atoms with Crippen molar-refractivity contribution in [3.8, 4) is 11.5 Å². The summed E-state index contributed by atoms with van der Waals surface area (Å²) in [7, 11) is 0. The lowest BCUT2D eigenvalue weighted by molar-refractivity contribution is 0.133. The van der Waals surface area contributed by atoms with Gasteiger partial charge in [-0.15, -0.1) is 0 Å².